The van der Waals surface area contributed by atoms with Crippen LogP contribution in [0, 0.1) is 11.8 Å². The smallest absolute Gasteiger partial charge is 0.405 e. The Balaban J connectivity index is 1.66. The average molecular weight is 688 g/mol. The molecule has 1 aromatic heterocycles. The van der Waals surface area contributed by atoms with Crippen LogP contribution in [0.3, 0.4) is 0 Å². The van der Waals surface area contributed by atoms with Crippen LogP contribution < -0.4 is 26.9 Å². The van der Waals surface area contributed by atoms with Gasteiger partial charge < -0.3 is 24.0 Å². The highest BCUT2D eigenvalue weighted by Crippen LogP contribution is 2.38. The lowest BCUT2D eigenvalue weighted by Crippen LogP contribution is -2.67. The number of carbonyl (C=O) groups is 1. The van der Waals surface area contributed by atoms with Gasteiger partial charge >= 0.3 is 17.8 Å². The fraction of sp³-hybridized carbons (Fsp3) is 0.441. The highest BCUT2D eigenvalue weighted by molar-refractivity contribution is 6.99. The van der Waals surface area contributed by atoms with E-state index >= 15 is 0 Å². The molecule has 4 rings (SSSR count). The van der Waals surface area contributed by atoms with Gasteiger partial charge in [0.1, 0.15) is 17.9 Å². The van der Waals surface area contributed by atoms with Crippen molar-refractivity contribution in [2.24, 2.45) is 0 Å². The van der Waals surface area contributed by atoms with Crippen LogP contribution in [-0.2, 0) is 23.4 Å². The van der Waals surface area contributed by atoms with Crippen LogP contribution >= 0.6 is 0 Å². The second-order valence-corrected chi connectivity index (χ2v) is 16.5. The van der Waals surface area contributed by atoms with Crippen molar-refractivity contribution in [2.45, 2.75) is 77.0 Å². The summed E-state index contributed by atoms with van der Waals surface area (Å²) < 4.78 is 64.0. The first-order valence-electron chi connectivity index (χ1n) is 15.5. The Morgan fingerprint density at radius 3 is 2.23 bits per heavy atom. The third-order valence-electron chi connectivity index (χ3n) is 7.93. The quantitative estimate of drug-likeness (QED) is 0.181. The van der Waals surface area contributed by atoms with Crippen molar-refractivity contribution in [3.8, 4) is 11.8 Å². The second-order valence-electron chi connectivity index (χ2n) is 12.2. The number of nitrogens with zero attached hydrogens (tertiary/aromatic N) is 1. The van der Waals surface area contributed by atoms with Crippen LogP contribution in [0.15, 0.2) is 76.4 Å². The fourth-order valence-corrected chi connectivity index (χ4v) is 10.4. The number of nitrogens with one attached hydrogen (secondary N) is 2. The van der Waals surface area contributed by atoms with E-state index in [9.17, 15) is 27.6 Å². The summed E-state index contributed by atoms with van der Waals surface area (Å²) in [5.74, 6) is 2.57. The number of benzene rings is 2. The molecule has 10 nitrogen and oxygen atoms in total. The van der Waals surface area contributed by atoms with Crippen LogP contribution in [0.5, 0.6) is 0 Å². The number of H-pyrrole nitrogens is 1. The predicted octanol–water partition coefficient (Wildman–Crippen LogP) is 3.20. The third-order valence-corrected chi connectivity index (χ3v) is 12.9. The van der Waals surface area contributed by atoms with E-state index in [-0.39, 0.29) is 23.6 Å². The van der Waals surface area contributed by atoms with Crippen LogP contribution in [-0.4, -0.2) is 68.2 Å². The van der Waals surface area contributed by atoms with Gasteiger partial charge in [-0.15, -0.1) is 0 Å². The molecule has 0 spiro atoms. The van der Waals surface area contributed by atoms with E-state index in [1.54, 1.807) is 12.2 Å². The van der Waals surface area contributed by atoms with Crippen molar-refractivity contribution in [3.63, 3.8) is 0 Å². The number of carbonyl (C=O) groups excluding carboxylic acids is 1. The molecule has 2 unspecified atom stereocenters. The summed E-state index contributed by atoms with van der Waals surface area (Å²) in [5, 5.41) is 3.45. The molecular formula is C34H40F3N3O7Si. The number of rotatable bonds is 11. The topological polar surface area (TPSA) is 121 Å². The highest BCUT2D eigenvalue weighted by Gasteiger charge is 2.51. The Morgan fingerprint density at radius 2 is 1.69 bits per heavy atom. The van der Waals surface area contributed by atoms with Crippen LogP contribution in [0.4, 0.5) is 13.2 Å². The van der Waals surface area contributed by atoms with Crippen molar-refractivity contribution in [2.75, 3.05) is 19.8 Å². The van der Waals surface area contributed by atoms with Crippen LogP contribution in [0.2, 0.25) is 5.04 Å². The Bertz CT molecular complexity index is 1670. The summed E-state index contributed by atoms with van der Waals surface area (Å²) in [5.41, 5.74) is -1.81. The summed E-state index contributed by atoms with van der Waals surface area (Å²) in [4.78, 5) is 38.7. The number of aromatic amines is 1. The van der Waals surface area contributed by atoms with E-state index in [1.165, 1.54) is 6.20 Å². The van der Waals surface area contributed by atoms with Gasteiger partial charge in [0.15, 0.2) is 6.29 Å². The monoisotopic (exact) mass is 687 g/mol. The summed E-state index contributed by atoms with van der Waals surface area (Å²) in [6.45, 7) is 9.91. The molecule has 1 amide bonds. The highest BCUT2D eigenvalue weighted by atomic mass is 28.4. The van der Waals surface area contributed by atoms with Gasteiger partial charge in [0.25, 0.3) is 13.9 Å². The minimum Gasteiger partial charge on any atom is -0.405 e. The number of ether oxygens (including phenoxy) is 3. The molecule has 0 aliphatic carbocycles. The van der Waals surface area contributed by atoms with Gasteiger partial charge in [-0.2, -0.15) is 13.2 Å². The maximum Gasteiger partial charge on any atom is 0.471 e. The lowest BCUT2D eigenvalue weighted by atomic mass is 10.2. The number of halogens is 3. The molecule has 1 saturated heterocycles. The van der Waals surface area contributed by atoms with Gasteiger partial charge in [0.2, 0.25) is 0 Å². The third kappa shape index (κ3) is 8.52. The molecule has 1 aliphatic rings. The zero-order valence-electron chi connectivity index (χ0n) is 27.4. The molecular weight excluding hydrogens is 647 g/mol. The van der Waals surface area contributed by atoms with Crippen molar-refractivity contribution < 1.29 is 36.6 Å². The van der Waals surface area contributed by atoms with E-state index in [4.69, 9.17) is 18.6 Å². The van der Waals surface area contributed by atoms with E-state index in [0.29, 0.717) is 6.61 Å². The molecule has 2 aromatic carbocycles. The molecule has 0 bridgehead atoms. The zero-order valence-corrected chi connectivity index (χ0v) is 28.4. The molecule has 3 aromatic rings. The fourth-order valence-electron chi connectivity index (χ4n) is 5.81. The molecule has 0 radical (unpaired) electrons. The Labute approximate surface area is 277 Å². The summed E-state index contributed by atoms with van der Waals surface area (Å²) in [6, 6.07) is 20.2. The zero-order chi connectivity index (χ0) is 35.1. The summed E-state index contributed by atoms with van der Waals surface area (Å²) >= 11 is 0. The van der Waals surface area contributed by atoms with Gasteiger partial charge in [0, 0.05) is 19.2 Å². The van der Waals surface area contributed by atoms with Crippen molar-refractivity contribution >= 4 is 24.6 Å². The lowest BCUT2D eigenvalue weighted by Gasteiger charge is -2.43. The SMILES string of the molecule is CCOC(C)OC1C[C@H](n2cc(C#CCNC(=O)C(F)(F)F)c(=O)[nH]c2=O)O[C@@H]1CO[Si](c1ccccc1)(c1ccccc1)C(C)(C)C. The number of amides is 1. The molecule has 2 heterocycles. The standard InChI is InChI=1S/C34H40F3N3O7Si/c1-6-44-23(2)46-27-20-29(40-21-24(30(41)39-32(40)43)14-13-19-38-31(42)34(35,36)37)47-28(27)22-45-48(33(3,4)5,25-15-9-7-10-16-25)26-17-11-8-12-18-26/h7-12,15-18,21,23,27-29H,6,19-20,22H2,1-5H3,(H,38,42)(H,39,41,43)/t23?,27?,28-,29-/m1/s1. The molecule has 4 atom stereocenters. The molecule has 14 heteroatoms. The van der Waals surface area contributed by atoms with Gasteiger partial charge in [-0.05, 0) is 29.3 Å². The largest absolute Gasteiger partial charge is 0.471 e. The van der Waals surface area contributed by atoms with E-state index in [1.807, 2.05) is 43.3 Å². The Hall–Kier alpha value is -4.00. The second kappa shape index (κ2) is 15.5. The molecule has 0 saturated carbocycles. The number of alkyl halides is 3. The molecule has 48 heavy (non-hydrogen) atoms. The number of hydrogen-bond acceptors (Lipinski definition) is 7. The van der Waals surface area contributed by atoms with Gasteiger partial charge in [-0.3, -0.25) is 19.1 Å². The first-order chi connectivity index (χ1) is 22.7. The minimum absolute atomic E-state index is 0.108. The van der Waals surface area contributed by atoms with Crippen molar-refractivity contribution in [1.29, 1.82) is 0 Å². The van der Waals surface area contributed by atoms with E-state index < -0.39 is 62.9 Å². The molecule has 1 aliphatic heterocycles. The maximum atomic E-state index is 13.0. The van der Waals surface area contributed by atoms with Crippen molar-refractivity contribution in [3.05, 3.63) is 93.3 Å². The minimum atomic E-state index is -5.07. The summed E-state index contributed by atoms with van der Waals surface area (Å²) in [6.07, 6.45) is -6.45. The summed E-state index contributed by atoms with van der Waals surface area (Å²) in [7, 11) is -2.97. The first-order valence-corrected chi connectivity index (χ1v) is 17.4. The van der Waals surface area contributed by atoms with E-state index in [0.717, 1.165) is 14.9 Å². The molecule has 1 fully saturated rings. The van der Waals surface area contributed by atoms with Crippen molar-refractivity contribution in [1.82, 2.24) is 14.9 Å². The normalized spacial score (nSPS) is 19.0. The maximum absolute atomic E-state index is 13.0. The molecule has 2 N–H and O–H groups in total. The lowest BCUT2D eigenvalue weighted by molar-refractivity contribution is -0.173. The van der Waals surface area contributed by atoms with Gasteiger partial charge in [-0.1, -0.05) is 93.3 Å². The Kier molecular flexibility index (Phi) is 11.9. The van der Waals surface area contributed by atoms with Gasteiger partial charge in [-0.25, -0.2) is 4.79 Å². The number of hydrogen-bond donors (Lipinski definition) is 2. The first kappa shape index (κ1) is 36.8. The van der Waals surface area contributed by atoms with Crippen LogP contribution in [0.1, 0.15) is 52.8 Å². The van der Waals surface area contributed by atoms with Gasteiger partial charge in [0.05, 0.1) is 19.3 Å². The Morgan fingerprint density at radius 1 is 1.08 bits per heavy atom. The molecule has 258 valence electrons. The number of aromatic nitrogens is 2. The average Bonchev–Trinajstić information content (AvgIpc) is 3.42. The predicted molar refractivity (Wildman–Crippen MR) is 175 cm³/mol. The van der Waals surface area contributed by atoms with E-state index in [2.05, 4.69) is 61.9 Å². The van der Waals surface area contributed by atoms with Crippen LogP contribution in [0.25, 0.3) is 0 Å².